The molecular formula is C13H17N5O. The quantitative estimate of drug-likeness (QED) is 0.849. The van der Waals surface area contributed by atoms with Crippen molar-refractivity contribution in [1.82, 2.24) is 25.2 Å². The van der Waals surface area contributed by atoms with Gasteiger partial charge in [0.1, 0.15) is 0 Å². The molecule has 1 aliphatic heterocycles. The van der Waals surface area contributed by atoms with Crippen LogP contribution in [0, 0.1) is 0 Å². The number of pyridine rings is 1. The maximum Gasteiger partial charge on any atom is 0.237 e. The largest absolute Gasteiger partial charge is 0.345 e. The van der Waals surface area contributed by atoms with Gasteiger partial charge in [-0.15, -0.1) is 10.2 Å². The predicted octanol–water partition coefficient (Wildman–Crippen LogP) is 0.658. The minimum absolute atomic E-state index is 0.0395. The highest BCUT2D eigenvalue weighted by Gasteiger charge is 2.24. The Morgan fingerprint density at radius 1 is 1.53 bits per heavy atom. The van der Waals surface area contributed by atoms with Crippen LogP contribution in [0.5, 0.6) is 0 Å². The number of hydrogen-bond donors (Lipinski definition) is 2. The van der Waals surface area contributed by atoms with Crippen LogP contribution in [0.25, 0.3) is 5.65 Å². The predicted molar refractivity (Wildman–Crippen MR) is 70.6 cm³/mol. The van der Waals surface area contributed by atoms with Crippen molar-refractivity contribution in [3.8, 4) is 0 Å². The van der Waals surface area contributed by atoms with Gasteiger partial charge in [0, 0.05) is 6.20 Å². The Morgan fingerprint density at radius 2 is 2.42 bits per heavy atom. The first-order valence-corrected chi connectivity index (χ1v) is 6.59. The first kappa shape index (κ1) is 12.1. The Kier molecular flexibility index (Phi) is 3.16. The van der Waals surface area contributed by atoms with Crippen molar-refractivity contribution in [1.29, 1.82) is 0 Å². The SMILES string of the molecule is CC(NC(=O)C1CCCN1)c1nnc2ccccn12. The number of nitrogens with one attached hydrogen (secondary N) is 2. The van der Waals surface area contributed by atoms with E-state index in [1.165, 1.54) is 0 Å². The van der Waals surface area contributed by atoms with Crippen LogP contribution in [0.15, 0.2) is 24.4 Å². The van der Waals surface area contributed by atoms with E-state index < -0.39 is 0 Å². The van der Waals surface area contributed by atoms with E-state index in [2.05, 4.69) is 20.8 Å². The summed E-state index contributed by atoms with van der Waals surface area (Å²) >= 11 is 0. The van der Waals surface area contributed by atoms with E-state index in [4.69, 9.17) is 0 Å². The molecule has 6 heteroatoms. The molecule has 1 fully saturated rings. The lowest BCUT2D eigenvalue weighted by molar-refractivity contribution is -0.123. The highest BCUT2D eigenvalue weighted by atomic mass is 16.2. The molecule has 3 heterocycles. The number of rotatable bonds is 3. The molecule has 100 valence electrons. The standard InChI is InChI=1S/C13H17N5O/c1-9(15-13(19)10-5-4-7-14-10)12-17-16-11-6-2-3-8-18(11)12/h2-3,6,8-10,14H,4-5,7H2,1H3,(H,15,19). The maximum atomic E-state index is 12.1. The summed E-state index contributed by atoms with van der Waals surface area (Å²) in [5, 5.41) is 14.4. The fourth-order valence-corrected chi connectivity index (χ4v) is 2.44. The molecule has 1 amide bonds. The van der Waals surface area contributed by atoms with Crippen LogP contribution in [-0.2, 0) is 4.79 Å². The van der Waals surface area contributed by atoms with Crippen LogP contribution < -0.4 is 10.6 Å². The van der Waals surface area contributed by atoms with Crippen molar-refractivity contribution in [3.63, 3.8) is 0 Å². The van der Waals surface area contributed by atoms with E-state index in [1.54, 1.807) is 0 Å². The first-order valence-electron chi connectivity index (χ1n) is 6.59. The molecule has 2 aromatic heterocycles. The van der Waals surface area contributed by atoms with Gasteiger partial charge in [-0.05, 0) is 38.4 Å². The molecule has 1 saturated heterocycles. The second kappa shape index (κ2) is 4.97. The molecule has 0 radical (unpaired) electrons. The topological polar surface area (TPSA) is 71.3 Å². The zero-order valence-electron chi connectivity index (χ0n) is 10.8. The molecule has 0 saturated carbocycles. The number of nitrogens with zero attached hydrogens (tertiary/aromatic N) is 3. The highest BCUT2D eigenvalue weighted by Crippen LogP contribution is 2.13. The molecule has 19 heavy (non-hydrogen) atoms. The van der Waals surface area contributed by atoms with Gasteiger partial charge in [0.05, 0.1) is 12.1 Å². The monoisotopic (exact) mass is 259 g/mol. The molecule has 0 bridgehead atoms. The molecule has 2 atom stereocenters. The fraction of sp³-hybridized carbons (Fsp3) is 0.462. The van der Waals surface area contributed by atoms with Crippen LogP contribution in [0.2, 0.25) is 0 Å². The summed E-state index contributed by atoms with van der Waals surface area (Å²) in [4.78, 5) is 12.1. The smallest absolute Gasteiger partial charge is 0.237 e. The Bertz CT molecular complexity index is 587. The summed E-state index contributed by atoms with van der Waals surface area (Å²) in [7, 11) is 0. The van der Waals surface area contributed by atoms with Crippen molar-refractivity contribution in [2.45, 2.75) is 31.8 Å². The molecule has 0 aromatic carbocycles. The van der Waals surface area contributed by atoms with E-state index in [-0.39, 0.29) is 18.0 Å². The van der Waals surface area contributed by atoms with E-state index in [1.807, 2.05) is 35.7 Å². The average Bonchev–Trinajstić information content (AvgIpc) is 3.08. The first-order chi connectivity index (χ1) is 9.25. The average molecular weight is 259 g/mol. The second-order valence-corrected chi connectivity index (χ2v) is 4.87. The van der Waals surface area contributed by atoms with Gasteiger partial charge in [-0.2, -0.15) is 0 Å². The molecule has 2 unspecified atom stereocenters. The number of carbonyl (C=O) groups is 1. The fourth-order valence-electron chi connectivity index (χ4n) is 2.44. The van der Waals surface area contributed by atoms with Gasteiger partial charge < -0.3 is 10.6 Å². The third-order valence-corrected chi connectivity index (χ3v) is 3.46. The Balaban J connectivity index is 1.76. The number of amides is 1. The minimum atomic E-state index is -0.160. The van der Waals surface area contributed by atoms with Crippen molar-refractivity contribution in [2.24, 2.45) is 0 Å². The van der Waals surface area contributed by atoms with Crippen molar-refractivity contribution in [2.75, 3.05) is 6.54 Å². The minimum Gasteiger partial charge on any atom is -0.345 e. The molecule has 1 aliphatic rings. The van der Waals surface area contributed by atoms with Crippen LogP contribution in [0.3, 0.4) is 0 Å². The molecule has 2 aromatic rings. The molecule has 3 rings (SSSR count). The lowest BCUT2D eigenvalue weighted by Gasteiger charge is -2.16. The van der Waals surface area contributed by atoms with Crippen molar-refractivity contribution in [3.05, 3.63) is 30.2 Å². The third-order valence-electron chi connectivity index (χ3n) is 3.46. The maximum absolute atomic E-state index is 12.1. The van der Waals surface area contributed by atoms with Crippen molar-refractivity contribution < 1.29 is 4.79 Å². The summed E-state index contributed by atoms with van der Waals surface area (Å²) in [6.07, 6.45) is 3.86. The Morgan fingerprint density at radius 3 is 3.21 bits per heavy atom. The summed E-state index contributed by atoms with van der Waals surface area (Å²) < 4.78 is 1.90. The Labute approximate surface area is 111 Å². The number of carbonyl (C=O) groups excluding carboxylic acids is 1. The van der Waals surface area contributed by atoms with E-state index >= 15 is 0 Å². The molecule has 0 aliphatic carbocycles. The van der Waals surface area contributed by atoms with Crippen LogP contribution in [0.4, 0.5) is 0 Å². The van der Waals surface area contributed by atoms with Gasteiger partial charge >= 0.3 is 0 Å². The van der Waals surface area contributed by atoms with E-state index in [0.717, 1.165) is 30.9 Å². The molecule has 2 N–H and O–H groups in total. The van der Waals surface area contributed by atoms with E-state index in [9.17, 15) is 4.79 Å². The summed E-state index contributed by atoms with van der Waals surface area (Å²) in [5.41, 5.74) is 0.789. The highest BCUT2D eigenvalue weighted by molar-refractivity contribution is 5.82. The normalized spacial score (nSPS) is 20.6. The molecule has 6 nitrogen and oxygen atoms in total. The number of fused-ring (bicyclic) bond motifs is 1. The van der Waals surface area contributed by atoms with Crippen LogP contribution >= 0.6 is 0 Å². The van der Waals surface area contributed by atoms with E-state index in [0.29, 0.717) is 0 Å². The molecular weight excluding hydrogens is 242 g/mol. The van der Waals surface area contributed by atoms with Crippen LogP contribution in [-0.4, -0.2) is 33.1 Å². The lowest BCUT2D eigenvalue weighted by atomic mass is 10.2. The number of hydrogen-bond acceptors (Lipinski definition) is 4. The lowest BCUT2D eigenvalue weighted by Crippen LogP contribution is -2.41. The van der Waals surface area contributed by atoms with Gasteiger partial charge in [0.25, 0.3) is 0 Å². The second-order valence-electron chi connectivity index (χ2n) is 4.87. The van der Waals surface area contributed by atoms with Gasteiger partial charge in [0.15, 0.2) is 11.5 Å². The van der Waals surface area contributed by atoms with Crippen molar-refractivity contribution >= 4 is 11.6 Å². The van der Waals surface area contributed by atoms with Gasteiger partial charge in [-0.25, -0.2) is 0 Å². The van der Waals surface area contributed by atoms with Gasteiger partial charge in [-0.3, -0.25) is 9.20 Å². The Hall–Kier alpha value is -1.95. The summed E-state index contributed by atoms with van der Waals surface area (Å²) in [6, 6.07) is 5.50. The summed E-state index contributed by atoms with van der Waals surface area (Å²) in [6.45, 7) is 2.84. The third kappa shape index (κ3) is 2.31. The molecule has 0 spiro atoms. The summed E-state index contributed by atoms with van der Waals surface area (Å²) in [5.74, 6) is 0.791. The zero-order chi connectivity index (χ0) is 13.2. The van der Waals surface area contributed by atoms with Gasteiger partial charge in [0.2, 0.25) is 5.91 Å². The van der Waals surface area contributed by atoms with Crippen LogP contribution in [0.1, 0.15) is 31.6 Å². The number of aromatic nitrogens is 3. The van der Waals surface area contributed by atoms with Gasteiger partial charge in [-0.1, -0.05) is 6.07 Å². The zero-order valence-corrected chi connectivity index (χ0v) is 10.8.